The van der Waals surface area contributed by atoms with Crippen LogP contribution in [0.3, 0.4) is 0 Å². The molecule has 0 unspecified atom stereocenters. The average Bonchev–Trinajstić information content (AvgIpc) is 3.07. The number of methoxy groups -OCH3 is 3. The molecule has 0 bridgehead atoms. The van der Waals surface area contributed by atoms with Crippen LogP contribution >= 0.6 is 0 Å². The van der Waals surface area contributed by atoms with Crippen LogP contribution in [-0.4, -0.2) is 56.4 Å². The summed E-state index contributed by atoms with van der Waals surface area (Å²) in [7, 11) is 4.71. The molecule has 0 spiro atoms. The molecule has 12 heteroatoms. The number of hydrogen-bond acceptors (Lipinski definition) is 9. The number of hydrogen-bond donors (Lipinski definition) is 2. The van der Waals surface area contributed by atoms with E-state index in [9.17, 15) is 9.59 Å². The van der Waals surface area contributed by atoms with E-state index in [0.717, 1.165) is 11.1 Å². The fourth-order valence-electron chi connectivity index (χ4n) is 4.71. The molecule has 45 heavy (non-hydrogen) atoms. The molecule has 1 aliphatic rings. The Balaban J connectivity index is 1.50. The van der Waals surface area contributed by atoms with Crippen LogP contribution in [0.15, 0.2) is 85.6 Å². The number of urea groups is 1. The van der Waals surface area contributed by atoms with Gasteiger partial charge in [0.2, 0.25) is 11.9 Å². The molecular formula is C33H34N6O6. The normalized spacial score (nSPS) is 12.3. The molecule has 1 aliphatic heterocycles. The minimum Gasteiger partial charge on any atom is -0.497 e. The molecule has 0 fully saturated rings. The highest BCUT2D eigenvalue weighted by Gasteiger charge is 2.34. The maximum Gasteiger partial charge on any atom is 0.330 e. The van der Waals surface area contributed by atoms with Crippen LogP contribution in [0.25, 0.3) is 0 Å². The number of aromatic nitrogens is 2. The third-order valence-electron chi connectivity index (χ3n) is 6.96. The molecule has 2 heterocycles. The summed E-state index contributed by atoms with van der Waals surface area (Å²) in [6.07, 6.45) is 2.86. The van der Waals surface area contributed by atoms with Crippen LogP contribution in [0.4, 0.5) is 33.6 Å². The number of anilines is 5. The minimum absolute atomic E-state index is 0.226. The van der Waals surface area contributed by atoms with Gasteiger partial charge in [0.1, 0.15) is 29.7 Å². The second-order valence-corrected chi connectivity index (χ2v) is 9.92. The van der Waals surface area contributed by atoms with E-state index in [4.69, 9.17) is 23.9 Å². The van der Waals surface area contributed by atoms with Gasteiger partial charge in [-0.15, -0.1) is 0 Å². The van der Waals surface area contributed by atoms with Crippen molar-refractivity contribution in [3.8, 4) is 17.2 Å². The fourth-order valence-corrected chi connectivity index (χ4v) is 4.71. The highest BCUT2D eigenvalue weighted by atomic mass is 16.5. The van der Waals surface area contributed by atoms with Crippen LogP contribution < -0.4 is 34.6 Å². The second kappa shape index (κ2) is 14.2. The number of amides is 3. The molecular weight excluding hydrogens is 576 g/mol. The van der Waals surface area contributed by atoms with Gasteiger partial charge in [0.25, 0.3) is 0 Å². The van der Waals surface area contributed by atoms with Crippen molar-refractivity contribution in [2.24, 2.45) is 0 Å². The molecule has 3 aromatic carbocycles. The van der Waals surface area contributed by atoms with Gasteiger partial charge < -0.3 is 29.6 Å². The van der Waals surface area contributed by atoms with Crippen molar-refractivity contribution in [1.82, 2.24) is 9.97 Å². The van der Waals surface area contributed by atoms with Gasteiger partial charge in [-0.3, -0.25) is 14.6 Å². The van der Waals surface area contributed by atoms with Gasteiger partial charge in [-0.05, 0) is 23.8 Å². The summed E-state index contributed by atoms with van der Waals surface area (Å²) in [5.41, 5.74) is 3.23. The smallest absolute Gasteiger partial charge is 0.330 e. The third-order valence-corrected chi connectivity index (χ3v) is 6.96. The predicted molar refractivity (Wildman–Crippen MR) is 172 cm³/mol. The standard InChI is InChI=1S/C33H34N6O6/c1-5-30(40)35-29-18-25(45-14-13-42-2)11-12-28(29)36-32-34-19-23-21-38(24-15-26(43-3)17-27(16-24)44-4)33(41)39(31(23)37-32)20-22-9-7-6-8-10-22/h5-12,15-19H,1,13-14,20-21H2,2-4H3,(H,35,40)(H,34,36,37). The Kier molecular flexibility index (Phi) is 9.75. The first-order chi connectivity index (χ1) is 21.9. The Morgan fingerprint density at radius 2 is 1.71 bits per heavy atom. The van der Waals surface area contributed by atoms with Crippen LogP contribution in [0, 0.1) is 0 Å². The molecule has 0 radical (unpaired) electrons. The Morgan fingerprint density at radius 1 is 0.956 bits per heavy atom. The molecule has 3 amide bonds. The van der Waals surface area contributed by atoms with E-state index in [1.807, 2.05) is 30.3 Å². The van der Waals surface area contributed by atoms with Crippen LogP contribution in [0.2, 0.25) is 0 Å². The number of fused-ring (bicyclic) bond motifs is 1. The molecule has 0 atom stereocenters. The number of nitrogens with one attached hydrogen (secondary N) is 2. The quantitative estimate of drug-likeness (QED) is 0.148. The summed E-state index contributed by atoms with van der Waals surface area (Å²) in [5.74, 6) is 1.96. The predicted octanol–water partition coefficient (Wildman–Crippen LogP) is 5.53. The highest BCUT2D eigenvalue weighted by molar-refractivity contribution is 6.05. The summed E-state index contributed by atoms with van der Waals surface area (Å²) in [4.78, 5) is 38.9. The lowest BCUT2D eigenvalue weighted by atomic mass is 10.1. The van der Waals surface area contributed by atoms with E-state index in [-0.39, 0.29) is 25.1 Å². The van der Waals surface area contributed by atoms with Crippen molar-refractivity contribution in [2.75, 3.05) is 55.0 Å². The molecule has 12 nitrogen and oxygen atoms in total. The maximum absolute atomic E-state index is 14.1. The van der Waals surface area contributed by atoms with E-state index >= 15 is 0 Å². The topological polar surface area (TPSA) is 127 Å². The number of nitrogens with zero attached hydrogens (tertiary/aromatic N) is 4. The van der Waals surface area contributed by atoms with Crippen molar-refractivity contribution < 1.29 is 28.5 Å². The first-order valence-electron chi connectivity index (χ1n) is 14.1. The van der Waals surface area contributed by atoms with E-state index in [2.05, 4.69) is 22.2 Å². The van der Waals surface area contributed by atoms with Gasteiger partial charge in [0.05, 0.1) is 51.0 Å². The molecule has 2 N–H and O–H groups in total. The van der Waals surface area contributed by atoms with Crippen LogP contribution in [0.1, 0.15) is 11.1 Å². The van der Waals surface area contributed by atoms with Gasteiger partial charge in [0.15, 0.2) is 0 Å². The monoisotopic (exact) mass is 610 g/mol. The SMILES string of the molecule is C=CC(=O)Nc1cc(OCCOC)ccc1Nc1ncc2c(n1)N(Cc1ccccc1)C(=O)N(c1cc(OC)cc(OC)c1)C2. The molecule has 4 aromatic rings. The average molecular weight is 611 g/mol. The number of rotatable bonds is 13. The molecule has 5 rings (SSSR count). The third kappa shape index (κ3) is 7.31. The number of carbonyl (C=O) groups excluding carboxylic acids is 2. The van der Waals surface area contributed by atoms with Gasteiger partial charge in [-0.2, -0.15) is 4.98 Å². The zero-order valence-corrected chi connectivity index (χ0v) is 25.3. The lowest BCUT2D eigenvalue weighted by Crippen LogP contribution is -2.47. The first-order valence-corrected chi connectivity index (χ1v) is 14.1. The number of ether oxygens (including phenoxy) is 4. The van der Waals surface area contributed by atoms with Gasteiger partial charge in [-0.1, -0.05) is 36.9 Å². The lowest BCUT2D eigenvalue weighted by molar-refractivity contribution is -0.111. The van der Waals surface area contributed by atoms with E-state index in [0.29, 0.717) is 53.3 Å². The zero-order valence-electron chi connectivity index (χ0n) is 25.3. The Morgan fingerprint density at radius 3 is 2.40 bits per heavy atom. The minimum atomic E-state index is -0.396. The van der Waals surface area contributed by atoms with Crippen LogP contribution in [0.5, 0.6) is 17.2 Å². The van der Waals surface area contributed by atoms with E-state index in [1.165, 1.54) is 6.08 Å². The van der Waals surface area contributed by atoms with E-state index in [1.54, 1.807) is 73.7 Å². The van der Waals surface area contributed by atoms with Gasteiger partial charge in [-0.25, -0.2) is 9.78 Å². The Bertz CT molecular complexity index is 1660. The van der Waals surface area contributed by atoms with Crippen molar-refractivity contribution in [3.05, 3.63) is 96.7 Å². The van der Waals surface area contributed by atoms with Crippen molar-refractivity contribution in [1.29, 1.82) is 0 Å². The first kappa shape index (κ1) is 30.8. The maximum atomic E-state index is 14.1. The van der Waals surface area contributed by atoms with Crippen molar-refractivity contribution in [3.63, 3.8) is 0 Å². The van der Waals surface area contributed by atoms with Gasteiger partial charge >= 0.3 is 6.03 Å². The summed E-state index contributed by atoms with van der Waals surface area (Å²) in [6.45, 7) is 4.80. The summed E-state index contributed by atoms with van der Waals surface area (Å²) in [6, 6.07) is 19.9. The summed E-state index contributed by atoms with van der Waals surface area (Å²) in [5, 5.41) is 5.97. The second-order valence-electron chi connectivity index (χ2n) is 9.92. The Labute approximate surface area is 261 Å². The Hall–Kier alpha value is -5.62. The lowest BCUT2D eigenvalue weighted by Gasteiger charge is -2.36. The highest BCUT2D eigenvalue weighted by Crippen LogP contribution is 2.36. The molecule has 0 aliphatic carbocycles. The fraction of sp³-hybridized carbons (Fsp3) is 0.212. The molecule has 1 aromatic heterocycles. The van der Waals surface area contributed by atoms with Crippen LogP contribution in [-0.2, 0) is 22.6 Å². The largest absolute Gasteiger partial charge is 0.497 e. The summed E-state index contributed by atoms with van der Waals surface area (Å²) >= 11 is 0. The molecule has 0 saturated carbocycles. The molecule has 232 valence electrons. The summed E-state index contributed by atoms with van der Waals surface area (Å²) < 4.78 is 21.7. The van der Waals surface area contributed by atoms with Crippen molar-refractivity contribution in [2.45, 2.75) is 13.1 Å². The van der Waals surface area contributed by atoms with Gasteiger partial charge in [0, 0.05) is 43.1 Å². The molecule has 0 saturated heterocycles. The number of carbonyl (C=O) groups is 2. The zero-order chi connectivity index (χ0) is 31.8. The number of benzene rings is 3. The van der Waals surface area contributed by atoms with Crippen molar-refractivity contribution >= 4 is 40.8 Å². The van der Waals surface area contributed by atoms with E-state index < -0.39 is 5.91 Å².